The first kappa shape index (κ1) is 7.54. The van der Waals surface area contributed by atoms with E-state index in [2.05, 4.69) is 19.9 Å². The minimum atomic E-state index is 0.730. The third-order valence-corrected chi connectivity index (χ3v) is 0.911. The zero-order valence-electron chi connectivity index (χ0n) is 5.94. The van der Waals surface area contributed by atoms with Gasteiger partial charge in [-0.15, -0.1) is 0 Å². The topological polar surface area (TPSA) is 26.0 Å². The van der Waals surface area contributed by atoms with E-state index >= 15 is 0 Å². The van der Waals surface area contributed by atoms with Crippen molar-refractivity contribution in [2.24, 2.45) is 11.7 Å². The molecule has 0 unspecified atom stereocenters. The largest absolute Gasteiger partial charge is 0.403 e. The summed E-state index contributed by atoms with van der Waals surface area (Å²) in [5.74, 6) is 0.730. The fourth-order valence-electron chi connectivity index (χ4n) is 0.422. The quantitative estimate of drug-likeness (QED) is 0.581. The van der Waals surface area contributed by atoms with E-state index in [9.17, 15) is 0 Å². The molecular formula is C7H15N. The van der Waals surface area contributed by atoms with E-state index in [1.807, 2.05) is 6.92 Å². The van der Waals surface area contributed by atoms with Crippen molar-refractivity contribution in [1.29, 1.82) is 0 Å². The number of hydrogen-bond acceptors (Lipinski definition) is 1. The van der Waals surface area contributed by atoms with Gasteiger partial charge in [0.1, 0.15) is 0 Å². The van der Waals surface area contributed by atoms with E-state index in [1.165, 1.54) is 0 Å². The van der Waals surface area contributed by atoms with Crippen LogP contribution in [0, 0.1) is 5.92 Å². The van der Waals surface area contributed by atoms with Gasteiger partial charge in [-0.25, -0.2) is 0 Å². The molecule has 1 heteroatoms. The fourth-order valence-corrected chi connectivity index (χ4v) is 0.422. The van der Waals surface area contributed by atoms with Crippen LogP contribution >= 0.6 is 0 Å². The molecule has 2 N–H and O–H groups in total. The van der Waals surface area contributed by atoms with E-state index in [0.717, 1.165) is 18.0 Å². The average molecular weight is 113 g/mol. The van der Waals surface area contributed by atoms with Gasteiger partial charge >= 0.3 is 0 Å². The fraction of sp³-hybridized carbons (Fsp3) is 0.714. The molecule has 0 aliphatic heterocycles. The second kappa shape index (κ2) is 3.53. The molecule has 0 radical (unpaired) electrons. The van der Waals surface area contributed by atoms with Gasteiger partial charge < -0.3 is 5.73 Å². The van der Waals surface area contributed by atoms with Gasteiger partial charge in [-0.1, -0.05) is 19.9 Å². The first-order valence-corrected chi connectivity index (χ1v) is 3.05. The van der Waals surface area contributed by atoms with Crippen molar-refractivity contribution >= 4 is 0 Å². The maximum Gasteiger partial charge on any atom is 0.000842 e. The summed E-state index contributed by atoms with van der Waals surface area (Å²) >= 11 is 0. The molecule has 0 atom stereocenters. The van der Waals surface area contributed by atoms with E-state index in [1.54, 1.807) is 0 Å². The molecule has 0 aliphatic rings. The van der Waals surface area contributed by atoms with Crippen LogP contribution in [0.25, 0.3) is 0 Å². The predicted molar refractivity (Wildman–Crippen MR) is 37.4 cm³/mol. The Kier molecular flexibility index (Phi) is 3.33. The van der Waals surface area contributed by atoms with Crippen molar-refractivity contribution < 1.29 is 0 Å². The Morgan fingerprint density at radius 2 is 2.12 bits per heavy atom. The smallest absolute Gasteiger partial charge is 0.000842 e. The lowest BCUT2D eigenvalue weighted by molar-refractivity contribution is 0.661. The van der Waals surface area contributed by atoms with Crippen LogP contribution in [-0.2, 0) is 0 Å². The summed E-state index contributed by atoms with van der Waals surface area (Å²) < 4.78 is 0. The molecule has 8 heavy (non-hydrogen) atoms. The van der Waals surface area contributed by atoms with Crippen molar-refractivity contribution in [2.75, 3.05) is 0 Å². The Morgan fingerprint density at radius 1 is 1.62 bits per heavy atom. The minimum absolute atomic E-state index is 0.730. The molecule has 0 aromatic carbocycles. The lowest BCUT2D eigenvalue weighted by atomic mass is 10.1. The molecule has 0 aromatic rings. The van der Waals surface area contributed by atoms with Gasteiger partial charge in [-0.2, -0.15) is 0 Å². The minimum Gasteiger partial charge on any atom is -0.403 e. The lowest BCUT2D eigenvalue weighted by Crippen LogP contribution is -1.91. The van der Waals surface area contributed by atoms with Gasteiger partial charge in [0.05, 0.1) is 0 Å². The zero-order chi connectivity index (χ0) is 6.57. The van der Waals surface area contributed by atoms with Gasteiger partial charge in [-0.05, 0) is 19.3 Å². The first-order chi connectivity index (χ1) is 3.63. The summed E-state index contributed by atoms with van der Waals surface area (Å²) in [7, 11) is 0. The summed E-state index contributed by atoms with van der Waals surface area (Å²) in [6.07, 6.45) is 3.16. The Labute approximate surface area is 51.6 Å². The van der Waals surface area contributed by atoms with Gasteiger partial charge in [0.2, 0.25) is 0 Å². The van der Waals surface area contributed by atoms with E-state index in [4.69, 9.17) is 5.73 Å². The highest BCUT2D eigenvalue weighted by atomic mass is 14.5. The molecule has 0 spiro atoms. The highest BCUT2D eigenvalue weighted by Crippen LogP contribution is 2.00. The molecule has 0 aliphatic carbocycles. The summed E-state index contributed by atoms with van der Waals surface area (Å²) in [5, 5.41) is 0. The molecule has 1 nitrogen and oxygen atoms in total. The third-order valence-electron chi connectivity index (χ3n) is 0.911. The van der Waals surface area contributed by atoms with Crippen molar-refractivity contribution in [3.8, 4) is 0 Å². The standard InChI is InChI=1S/C7H15N/c1-6(2)4-5-7(3)8/h5-6H,4,8H2,1-3H3. The number of hydrogen-bond donors (Lipinski definition) is 1. The molecule has 0 aromatic heterocycles. The van der Waals surface area contributed by atoms with Crippen molar-refractivity contribution in [2.45, 2.75) is 27.2 Å². The SMILES string of the molecule is CC(N)=CCC(C)C. The molecular weight excluding hydrogens is 98.1 g/mol. The Hall–Kier alpha value is -0.460. The lowest BCUT2D eigenvalue weighted by Gasteiger charge is -1.96. The molecule has 0 amide bonds. The summed E-state index contributed by atoms with van der Waals surface area (Å²) in [6.45, 7) is 6.28. The van der Waals surface area contributed by atoms with Crippen LogP contribution in [-0.4, -0.2) is 0 Å². The van der Waals surface area contributed by atoms with Gasteiger partial charge in [0.15, 0.2) is 0 Å². The van der Waals surface area contributed by atoms with Gasteiger partial charge in [0.25, 0.3) is 0 Å². The molecule has 0 saturated heterocycles. The van der Waals surface area contributed by atoms with Crippen molar-refractivity contribution in [3.05, 3.63) is 11.8 Å². The molecule has 0 heterocycles. The highest BCUT2D eigenvalue weighted by Gasteiger charge is 1.86. The van der Waals surface area contributed by atoms with E-state index in [-0.39, 0.29) is 0 Å². The van der Waals surface area contributed by atoms with Crippen LogP contribution in [0.4, 0.5) is 0 Å². The zero-order valence-corrected chi connectivity index (χ0v) is 5.94. The summed E-state index contributed by atoms with van der Waals surface area (Å²) in [5.41, 5.74) is 6.33. The van der Waals surface area contributed by atoms with Crippen LogP contribution in [0.5, 0.6) is 0 Å². The van der Waals surface area contributed by atoms with Crippen LogP contribution in [0.1, 0.15) is 27.2 Å². The maximum atomic E-state index is 5.40. The van der Waals surface area contributed by atoms with Crippen LogP contribution in [0.3, 0.4) is 0 Å². The monoisotopic (exact) mass is 113 g/mol. The molecule has 0 fully saturated rings. The third kappa shape index (κ3) is 5.54. The van der Waals surface area contributed by atoms with Gasteiger partial charge in [-0.3, -0.25) is 0 Å². The second-order valence-corrected chi connectivity index (χ2v) is 2.58. The Bertz CT molecular complexity index is 78.4. The van der Waals surface area contributed by atoms with Crippen LogP contribution in [0.15, 0.2) is 11.8 Å². The first-order valence-electron chi connectivity index (χ1n) is 3.05. The van der Waals surface area contributed by atoms with E-state index < -0.39 is 0 Å². The normalized spacial score (nSPS) is 12.8. The molecule has 0 saturated carbocycles. The van der Waals surface area contributed by atoms with Crippen molar-refractivity contribution in [1.82, 2.24) is 0 Å². The van der Waals surface area contributed by atoms with E-state index in [0.29, 0.717) is 0 Å². The second-order valence-electron chi connectivity index (χ2n) is 2.58. The average Bonchev–Trinajstić information content (AvgIpc) is 1.61. The Balaban J connectivity index is 3.29. The highest BCUT2D eigenvalue weighted by molar-refractivity contribution is 4.91. The molecule has 0 bridgehead atoms. The summed E-state index contributed by atoms with van der Waals surface area (Å²) in [4.78, 5) is 0. The molecule has 48 valence electrons. The van der Waals surface area contributed by atoms with Crippen molar-refractivity contribution in [3.63, 3.8) is 0 Å². The summed E-state index contributed by atoms with van der Waals surface area (Å²) in [6, 6.07) is 0. The maximum absolute atomic E-state index is 5.40. The Morgan fingerprint density at radius 3 is 2.25 bits per heavy atom. The van der Waals surface area contributed by atoms with Crippen LogP contribution < -0.4 is 5.73 Å². The number of rotatable bonds is 2. The van der Waals surface area contributed by atoms with Crippen LogP contribution in [0.2, 0.25) is 0 Å². The van der Waals surface area contributed by atoms with Gasteiger partial charge in [0, 0.05) is 5.70 Å². The number of allylic oxidation sites excluding steroid dienone is 2. The number of nitrogens with two attached hydrogens (primary N) is 1. The predicted octanol–water partition coefficient (Wildman–Crippen LogP) is 1.90. The molecule has 0 rings (SSSR count).